The van der Waals surface area contributed by atoms with Crippen LogP contribution in [-0.2, 0) is 0 Å². The van der Waals surface area contributed by atoms with Crippen molar-refractivity contribution in [2.24, 2.45) is 5.92 Å². The maximum atomic E-state index is 15.1. The molecule has 0 bridgehead atoms. The average molecular weight is 472 g/mol. The zero-order chi connectivity index (χ0) is 24.3. The molecule has 0 atom stereocenters. The number of rotatable bonds is 4. The van der Waals surface area contributed by atoms with E-state index in [4.69, 9.17) is 0 Å². The van der Waals surface area contributed by atoms with Crippen molar-refractivity contribution in [3.8, 4) is 17.6 Å². The summed E-state index contributed by atoms with van der Waals surface area (Å²) in [7, 11) is 0. The first-order valence-corrected chi connectivity index (χ1v) is 11.5. The lowest BCUT2D eigenvalue weighted by Gasteiger charge is -2.28. The molecule has 0 radical (unpaired) electrons. The minimum Gasteiger partial charge on any atom is -0.403 e. The Bertz CT molecular complexity index is 1230. The van der Waals surface area contributed by atoms with Gasteiger partial charge in [0, 0.05) is 10.9 Å². The molecule has 0 amide bonds. The van der Waals surface area contributed by atoms with Crippen molar-refractivity contribution in [1.29, 1.82) is 0 Å². The van der Waals surface area contributed by atoms with Crippen LogP contribution in [0.4, 0.5) is 22.0 Å². The standard InChI is InChI=1S/C28H25F5O/c1-2-3-18-4-8-20(9-5-18)22-13-14-24-23(17-22)12-11-21(27(24)30)10-6-19-7-15-26(25(29)16-19)34-28(31,32)33/h7,11-18,20H,2-5,8-9H2,1H3. The summed E-state index contributed by atoms with van der Waals surface area (Å²) in [5, 5.41) is 1.26. The predicted molar refractivity (Wildman–Crippen MR) is 123 cm³/mol. The van der Waals surface area contributed by atoms with Crippen molar-refractivity contribution < 1.29 is 26.7 Å². The second-order valence-corrected chi connectivity index (χ2v) is 8.86. The smallest absolute Gasteiger partial charge is 0.403 e. The zero-order valence-corrected chi connectivity index (χ0v) is 18.8. The third kappa shape index (κ3) is 5.70. The van der Waals surface area contributed by atoms with Gasteiger partial charge < -0.3 is 4.74 Å². The van der Waals surface area contributed by atoms with E-state index < -0.39 is 23.7 Å². The molecule has 1 aliphatic carbocycles. The normalized spacial score (nSPS) is 18.4. The second kappa shape index (κ2) is 10.0. The Kier molecular flexibility index (Phi) is 7.11. The third-order valence-corrected chi connectivity index (χ3v) is 6.49. The summed E-state index contributed by atoms with van der Waals surface area (Å²) < 4.78 is 69.4. The van der Waals surface area contributed by atoms with Crippen molar-refractivity contribution >= 4 is 10.8 Å². The molecule has 4 rings (SSSR count). The molecule has 0 unspecified atom stereocenters. The molecule has 0 aliphatic heterocycles. The highest BCUT2D eigenvalue weighted by Gasteiger charge is 2.32. The van der Waals surface area contributed by atoms with Crippen LogP contribution in [0.15, 0.2) is 48.5 Å². The van der Waals surface area contributed by atoms with Crippen molar-refractivity contribution in [2.45, 2.75) is 57.7 Å². The van der Waals surface area contributed by atoms with Crippen molar-refractivity contribution in [3.63, 3.8) is 0 Å². The molecule has 0 spiro atoms. The fraction of sp³-hybridized carbons (Fsp3) is 0.357. The lowest BCUT2D eigenvalue weighted by Crippen LogP contribution is -2.17. The van der Waals surface area contributed by atoms with E-state index in [0.29, 0.717) is 11.3 Å². The van der Waals surface area contributed by atoms with Crippen molar-refractivity contribution in [1.82, 2.24) is 0 Å². The van der Waals surface area contributed by atoms with Crippen LogP contribution in [0.25, 0.3) is 10.8 Å². The summed E-state index contributed by atoms with van der Waals surface area (Å²) in [5.41, 5.74) is 1.48. The first-order valence-electron chi connectivity index (χ1n) is 11.5. The second-order valence-electron chi connectivity index (χ2n) is 8.86. The summed E-state index contributed by atoms with van der Waals surface area (Å²) >= 11 is 0. The molecule has 1 fully saturated rings. The molecular weight excluding hydrogens is 447 g/mol. The van der Waals surface area contributed by atoms with Crippen LogP contribution in [0.5, 0.6) is 5.75 Å². The predicted octanol–water partition coefficient (Wildman–Crippen LogP) is 8.49. The number of alkyl halides is 3. The summed E-state index contributed by atoms with van der Waals surface area (Å²) in [6, 6.07) is 12.1. The number of hydrogen-bond donors (Lipinski definition) is 0. The Morgan fingerprint density at radius 1 is 0.912 bits per heavy atom. The Hall–Kier alpha value is -3.07. The largest absolute Gasteiger partial charge is 0.573 e. The van der Waals surface area contributed by atoms with Crippen molar-refractivity contribution in [2.75, 3.05) is 0 Å². The molecule has 34 heavy (non-hydrogen) atoms. The third-order valence-electron chi connectivity index (χ3n) is 6.49. The summed E-state index contributed by atoms with van der Waals surface area (Å²) in [5.74, 6) is 3.98. The molecule has 0 heterocycles. The van der Waals surface area contributed by atoms with Gasteiger partial charge in [-0.1, -0.05) is 55.9 Å². The summed E-state index contributed by atoms with van der Waals surface area (Å²) in [6.45, 7) is 2.23. The van der Waals surface area contributed by atoms with E-state index in [-0.39, 0.29) is 11.1 Å². The van der Waals surface area contributed by atoms with Gasteiger partial charge in [0.15, 0.2) is 11.6 Å². The van der Waals surface area contributed by atoms with Gasteiger partial charge in [0.1, 0.15) is 5.82 Å². The maximum Gasteiger partial charge on any atom is 0.573 e. The highest BCUT2D eigenvalue weighted by Crippen LogP contribution is 2.38. The molecule has 1 saturated carbocycles. The van der Waals surface area contributed by atoms with E-state index in [2.05, 4.69) is 29.6 Å². The average Bonchev–Trinajstić information content (AvgIpc) is 2.80. The Morgan fingerprint density at radius 3 is 2.35 bits per heavy atom. The van der Waals surface area contributed by atoms with Crippen LogP contribution >= 0.6 is 0 Å². The molecule has 1 aliphatic rings. The van der Waals surface area contributed by atoms with E-state index in [0.717, 1.165) is 36.3 Å². The van der Waals surface area contributed by atoms with Crippen LogP contribution in [0, 0.1) is 29.4 Å². The van der Waals surface area contributed by atoms with E-state index >= 15 is 4.39 Å². The molecule has 3 aromatic rings. The van der Waals surface area contributed by atoms with Gasteiger partial charge in [-0.3, -0.25) is 0 Å². The molecule has 3 aromatic carbocycles. The first-order chi connectivity index (χ1) is 16.2. The van der Waals surface area contributed by atoms with Crippen molar-refractivity contribution in [3.05, 3.63) is 76.9 Å². The van der Waals surface area contributed by atoms with Gasteiger partial charge in [-0.25, -0.2) is 8.78 Å². The van der Waals surface area contributed by atoms with Gasteiger partial charge in [0.05, 0.1) is 5.56 Å². The van der Waals surface area contributed by atoms with E-state index in [1.807, 2.05) is 12.1 Å². The van der Waals surface area contributed by atoms with E-state index in [9.17, 15) is 17.6 Å². The molecule has 6 heteroatoms. The van der Waals surface area contributed by atoms with Gasteiger partial charge in [0.25, 0.3) is 0 Å². The zero-order valence-electron chi connectivity index (χ0n) is 18.8. The van der Waals surface area contributed by atoms with Crippen LogP contribution in [0.1, 0.15) is 68.1 Å². The highest BCUT2D eigenvalue weighted by molar-refractivity contribution is 5.85. The summed E-state index contributed by atoms with van der Waals surface area (Å²) in [6.07, 6.45) is 2.32. The van der Waals surface area contributed by atoms with E-state index in [1.54, 1.807) is 12.1 Å². The van der Waals surface area contributed by atoms with E-state index in [1.165, 1.54) is 37.3 Å². The topological polar surface area (TPSA) is 9.23 Å². The fourth-order valence-corrected chi connectivity index (χ4v) is 4.78. The van der Waals surface area contributed by atoms with Gasteiger partial charge in [0.2, 0.25) is 0 Å². The fourth-order valence-electron chi connectivity index (χ4n) is 4.78. The number of halogens is 5. The number of fused-ring (bicyclic) bond motifs is 1. The van der Waals surface area contributed by atoms with Gasteiger partial charge in [-0.05, 0) is 72.7 Å². The minimum absolute atomic E-state index is 0.112. The van der Waals surface area contributed by atoms with Crippen LogP contribution < -0.4 is 4.74 Å². The molecule has 0 aromatic heterocycles. The quantitative estimate of drug-likeness (QED) is 0.273. The molecule has 1 nitrogen and oxygen atoms in total. The van der Waals surface area contributed by atoms with Gasteiger partial charge >= 0.3 is 6.36 Å². The van der Waals surface area contributed by atoms with Gasteiger partial charge in [-0.2, -0.15) is 0 Å². The monoisotopic (exact) mass is 472 g/mol. The Morgan fingerprint density at radius 2 is 1.68 bits per heavy atom. The van der Waals surface area contributed by atoms with Gasteiger partial charge in [-0.15, -0.1) is 13.2 Å². The van der Waals surface area contributed by atoms with Crippen LogP contribution in [0.3, 0.4) is 0 Å². The van der Waals surface area contributed by atoms with Crippen LogP contribution in [0.2, 0.25) is 0 Å². The SMILES string of the molecule is CCCC1CCC(c2ccc3c(F)c(C#Cc4ccc(OC(F)(F)F)c(F)c4)ccc3c2)CC1. The number of benzene rings is 3. The molecule has 0 saturated heterocycles. The first kappa shape index (κ1) is 24.1. The Balaban J connectivity index is 1.52. The molecule has 0 N–H and O–H groups in total. The summed E-state index contributed by atoms with van der Waals surface area (Å²) in [4.78, 5) is 0. The molecular formula is C28H25F5O. The minimum atomic E-state index is -4.99. The highest BCUT2D eigenvalue weighted by atomic mass is 19.4. The lowest BCUT2D eigenvalue weighted by atomic mass is 9.77. The number of ether oxygens (including phenoxy) is 1. The molecule has 178 valence electrons. The lowest BCUT2D eigenvalue weighted by molar-refractivity contribution is -0.275. The van der Waals surface area contributed by atoms with Crippen LogP contribution in [-0.4, -0.2) is 6.36 Å². The maximum absolute atomic E-state index is 15.1. The number of hydrogen-bond acceptors (Lipinski definition) is 1. The Labute approximate surface area is 195 Å².